The van der Waals surface area contributed by atoms with E-state index in [-0.39, 0.29) is 11.9 Å². The second-order valence-corrected chi connectivity index (χ2v) is 3.93. The smallest absolute Gasteiger partial charge is 0.338 e. The van der Waals surface area contributed by atoms with Crippen LogP contribution in [0.4, 0.5) is 0 Å². The Morgan fingerprint density at radius 2 is 1.94 bits per heavy atom. The number of hydrogen-bond acceptors (Lipinski definition) is 3. The van der Waals surface area contributed by atoms with E-state index >= 15 is 0 Å². The van der Waals surface area contributed by atoms with Gasteiger partial charge in [-0.05, 0) is 37.5 Å². The second kappa shape index (κ2) is 6.84. The molecule has 0 saturated carbocycles. The first-order valence-corrected chi connectivity index (χ1v) is 5.92. The molecule has 0 fully saturated rings. The quantitative estimate of drug-likeness (QED) is 0.561. The maximum absolute atomic E-state index is 11.4. The van der Waals surface area contributed by atoms with Gasteiger partial charge in [0, 0.05) is 5.92 Å². The summed E-state index contributed by atoms with van der Waals surface area (Å²) in [5.74, 6) is -0.245. The molecule has 0 saturated heterocycles. The number of rotatable bonds is 6. The average Bonchev–Trinajstić information content (AvgIpc) is 2.37. The summed E-state index contributed by atoms with van der Waals surface area (Å²) in [6.45, 7) is 4.15. The van der Waals surface area contributed by atoms with Crippen molar-refractivity contribution in [2.45, 2.75) is 26.7 Å². The molecule has 1 aromatic rings. The van der Waals surface area contributed by atoms with Gasteiger partial charge in [-0.15, -0.1) is 0 Å². The van der Waals surface area contributed by atoms with Gasteiger partial charge in [-0.2, -0.15) is 0 Å². The van der Waals surface area contributed by atoms with Crippen LogP contribution in [0.5, 0.6) is 0 Å². The molecule has 1 atom stereocenters. The standard InChI is InChI=1S/C14H18O3/c1-3-11(10-15)9-12-5-7-13(8-6-12)14(16)17-4-2/h5-8,10-11H,3-4,9H2,1-2H3/t11-/m1/s1. The molecule has 0 radical (unpaired) electrons. The number of ether oxygens (including phenoxy) is 1. The molecule has 0 aliphatic heterocycles. The number of carbonyl (C=O) groups is 2. The molecule has 3 heteroatoms. The van der Waals surface area contributed by atoms with Gasteiger partial charge >= 0.3 is 5.97 Å². The fraction of sp³-hybridized carbons (Fsp3) is 0.429. The van der Waals surface area contributed by atoms with Gasteiger partial charge in [-0.3, -0.25) is 0 Å². The van der Waals surface area contributed by atoms with Crippen LogP contribution in [0.15, 0.2) is 24.3 Å². The molecule has 0 bridgehead atoms. The lowest BCUT2D eigenvalue weighted by Crippen LogP contribution is -2.06. The average molecular weight is 234 g/mol. The van der Waals surface area contributed by atoms with E-state index in [2.05, 4.69) is 0 Å². The van der Waals surface area contributed by atoms with Crippen molar-refractivity contribution < 1.29 is 14.3 Å². The highest BCUT2D eigenvalue weighted by Gasteiger charge is 2.08. The Balaban J connectivity index is 2.67. The van der Waals surface area contributed by atoms with Crippen LogP contribution in [0.25, 0.3) is 0 Å². The lowest BCUT2D eigenvalue weighted by atomic mass is 9.98. The molecule has 3 nitrogen and oxygen atoms in total. The molecule has 17 heavy (non-hydrogen) atoms. The van der Waals surface area contributed by atoms with Gasteiger partial charge in [0.25, 0.3) is 0 Å². The van der Waals surface area contributed by atoms with E-state index in [1.54, 1.807) is 19.1 Å². The second-order valence-electron chi connectivity index (χ2n) is 3.93. The molecular weight excluding hydrogens is 216 g/mol. The summed E-state index contributed by atoms with van der Waals surface area (Å²) in [6.07, 6.45) is 2.55. The summed E-state index contributed by atoms with van der Waals surface area (Å²) < 4.78 is 4.90. The van der Waals surface area contributed by atoms with E-state index < -0.39 is 0 Å². The summed E-state index contributed by atoms with van der Waals surface area (Å²) in [4.78, 5) is 22.1. The third kappa shape index (κ3) is 4.02. The predicted octanol–water partition coefficient (Wildman–Crippen LogP) is 2.63. The first kappa shape index (κ1) is 13.4. The van der Waals surface area contributed by atoms with Crippen molar-refractivity contribution in [1.82, 2.24) is 0 Å². The van der Waals surface area contributed by atoms with Crippen LogP contribution in [0.3, 0.4) is 0 Å². The third-order valence-electron chi connectivity index (χ3n) is 2.68. The number of aldehydes is 1. The Morgan fingerprint density at radius 1 is 1.29 bits per heavy atom. The predicted molar refractivity (Wildman–Crippen MR) is 65.9 cm³/mol. The highest BCUT2D eigenvalue weighted by molar-refractivity contribution is 5.89. The van der Waals surface area contributed by atoms with Crippen molar-refractivity contribution in [3.8, 4) is 0 Å². The highest BCUT2D eigenvalue weighted by Crippen LogP contribution is 2.12. The summed E-state index contributed by atoms with van der Waals surface area (Å²) in [5, 5.41) is 0. The summed E-state index contributed by atoms with van der Waals surface area (Å²) in [5.41, 5.74) is 1.62. The Bertz CT molecular complexity index is 368. The van der Waals surface area contributed by atoms with E-state index in [1.165, 1.54) is 0 Å². The SMILES string of the molecule is CCOC(=O)c1ccc(C[C@H](C=O)CC)cc1. The zero-order valence-electron chi connectivity index (χ0n) is 10.3. The summed E-state index contributed by atoms with van der Waals surface area (Å²) in [6, 6.07) is 7.23. The molecule has 0 aliphatic carbocycles. The minimum atomic E-state index is -0.304. The molecule has 0 heterocycles. The topological polar surface area (TPSA) is 43.4 Å². The van der Waals surface area contributed by atoms with Gasteiger partial charge in [-0.1, -0.05) is 19.1 Å². The fourth-order valence-electron chi connectivity index (χ4n) is 1.58. The molecule has 1 aromatic carbocycles. The minimum Gasteiger partial charge on any atom is -0.462 e. The van der Waals surface area contributed by atoms with E-state index in [0.29, 0.717) is 12.2 Å². The Labute approximate surface area is 102 Å². The van der Waals surface area contributed by atoms with Crippen LogP contribution in [0, 0.1) is 5.92 Å². The lowest BCUT2D eigenvalue weighted by Gasteiger charge is -2.07. The maximum Gasteiger partial charge on any atom is 0.338 e. The van der Waals surface area contributed by atoms with Gasteiger partial charge in [0.15, 0.2) is 0 Å². The molecule has 0 aromatic heterocycles. The van der Waals surface area contributed by atoms with Crippen molar-refractivity contribution in [2.75, 3.05) is 6.61 Å². The van der Waals surface area contributed by atoms with E-state index in [4.69, 9.17) is 4.74 Å². The van der Waals surface area contributed by atoms with Gasteiger partial charge < -0.3 is 9.53 Å². The molecule has 0 amide bonds. The monoisotopic (exact) mass is 234 g/mol. The molecule has 0 unspecified atom stereocenters. The molecule has 0 aliphatic rings. The van der Waals surface area contributed by atoms with Gasteiger partial charge in [0.1, 0.15) is 6.29 Å². The van der Waals surface area contributed by atoms with Gasteiger partial charge in [0.05, 0.1) is 12.2 Å². The fourth-order valence-corrected chi connectivity index (χ4v) is 1.58. The number of carbonyl (C=O) groups excluding carboxylic acids is 2. The lowest BCUT2D eigenvalue weighted by molar-refractivity contribution is -0.111. The third-order valence-corrected chi connectivity index (χ3v) is 2.68. The van der Waals surface area contributed by atoms with Crippen molar-refractivity contribution in [1.29, 1.82) is 0 Å². The van der Waals surface area contributed by atoms with Crippen molar-refractivity contribution >= 4 is 12.3 Å². The van der Waals surface area contributed by atoms with E-state index in [9.17, 15) is 9.59 Å². The van der Waals surface area contributed by atoms with Crippen molar-refractivity contribution in [3.63, 3.8) is 0 Å². The summed E-state index contributed by atoms with van der Waals surface area (Å²) >= 11 is 0. The zero-order chi connectivity index (χ0) is 12.7. The maximum atomic E-state index is 11.4. The van der Waals surface area contributed by atoms with E-state index in [1.807, 2.05) is 19.1 Å². The van der Waals surface area contributed by atoms with Gasteiger partial charge in [-0.25, -0.2) is 4.79 Å². The van der Waals surface area contributed by atoms with E-state index in [0.717, 1.165) is 24.7 Å². The van der Waals surface area contributed by atoms with Gasteiger partial charge in [0.2, 0.25) is 0 Å². The summed E-state index contributed by atoms with van der Waals surface area (Å²) in [7, 11) is 0. The number of esters is 1. The van der Waals surface area contributed by atoms with Crippen LogP contribution < -0.4 is 0 Å². The van der Waals surface area contributed by atoms with Crippen LogP contribution >= 0.6 is 0 Å². The molecular formula is C14H18O3. The minimum absolute atomic E-state index is 0.0587. The Morgan fingerprint density at radius 3 is 2.41 bits per heavy atom. The normalized spacial score (nSPS) is 11.9. The Hall–Kier alpha value is -1.64. The molecule has 0 N–H and O–H groups in total. The van der Waals surface area contributed by atoms with Crippen molar-refractivity contribution in [3.05, 3.63) is 35.4 Å². The zero-order valence-corrected chi connectivity index (χ0v) is 10.3. The van der Waals surface area contributed by atoms with Crippen LogP contribution in [0.2, 0.25) is 0 Å². The largest absolute Gasteiger partial charge is 0.462 e. The number of benzene rings is 1. The first-order chi connectivity index (χ1) is 8.21. The number of hydrogen-bond donors (Lipinski definition) is 0. The molecule has 1 rings (SSSR count). The highest BCUT2D eigenvalue weighted by atomic mass is 16.5. The first-order valence-electron chi connectivity index (χ1n) is 5.92. The molecule has 0 spiro atoms. The van der Waals surface area contributed by atoms with Crippen LogP contribution in [0.1, 0.15) is 36.2 Å². The van der Waals surface area contributed by atoms with Crippen molar-refractivity contribution in [2.24, 2.45) is 5.92 Å². The van der Waals surface area contributed by atoms with Crippen LogP contribution in [-0.2, 0) is 16.0 Å². The Kier molecular flexibility index (Phi) is 5.40. The molecule has 92 valence electrons. The van der Waals surface area contributed by atoms with Crippen LogP contribution in [-0.4, -0.2) is 18.9 Å².